The normalized spacial score (nSPS) is 50.7. The van der Waals surface area contributed by atoms with E-state index in [1.165, 1.54) is 38.5 Å². The number of urea groups is 1. The number of rotatable bonds is 1. The third-order valence-corrected chi connectivity index (χ3v) is 8.68. The lowest BCUT2D eigenvalue weighted by atomic mass is 9.45. The monoisotopic (exact) mass is 347 g/mol. The van der Waals surface area contributed by atoms with Crippen LogP contribution in [0.1, 0.15) is 71.6 Å². The van der Waals surface area contributed by atoms with Gasteiger partial charge in [-0.05, 0) is 86.9 Å². The zero-order valence-corrected chi connectivity index (χ0v) is 15.6. The molecule has 2 amide bonds. The van der Waals surface area contributed by atoms with E-state index in [-0.39, 0.29) is 11.5 Å². The number of aliphatic hydroxyl groups is 1. The molecule has 0 bridgehead atoms. The lowest BCUT2D eigenvalue weighted by Gasteiger charge is -2.60. The molecule has 4 aliphatic rings. The van der Waals surface area contributed by atoms with Gasteiger partial charge >= 0.3 is 6.03 Å². The number of hydrogen-bond donors (Lipinski definition) is 3. The Bertz CT molecular complexity index is 591. The molecule has 0 aliphatic heterocycles. The zero-order chi connectivity index (χ0) is 17.8. The van der Waals surface area contributed by atoms with Crippen LogP contribution in [0.3, 0.4) is 0 Å². The van der Waals surface area contributed by atoms with Crippen molar-refractivity contribution < 1.29 is 9.90 Å². The molecule has 0 aromatic heterocycles. The number of nitrogens with one attached hydrogen (secondary N) is 1. The minimum absolute atomic E-state index is 0.0754. The van der Waals surface area contributed by atoms with E-state index < -0.39 is 6.03 Å². The summed E-state index contributed by atoms with van der Waals surface area (Å²) in [5.41, 5.74) is 9.38. The maximum atomic E-state index is 11.1. The average Bonchev–Trinajstić information content (AvgIpc) is 2.90. The van der Waals surface area contributed by atoms with Gasteiger partial charge in [-0.15, -0.1) is 0 Å². The van der Waals surface area contributed by atoms with Crippen LogP contribution >= 0.6 is 0 Å². The fourth-order valence-electron chi connectivity index (χ4n) is 7.33. The molecule has 0 aromatic rings. The first-order valence-electron chi connectivity index (χ1n) is 10.1. The van der Waals surface area contributed by atoms with Gasteiger partial charge in [0.15, 0.2) is 0 Å². The summed E-state index contributed by atoms with van der Waals surface area (Å²) < 4.78 is 0. The highest BCUT2D eigenvalue weighted by Crippen LogP contribution is 2.65. The number of primary amides is 1. The first-order valence-corrected chi connectivity index (χ1v) is 10.1. The Morgan fingerprint density at radius 2 is 1.96 bits per heavy atom. The van der Waals surface area contributed by atoms with Crippen molar-refractivity contribution in [2.45, 2.75) is 77.7 Å². The smallest absolute Gasteiger partial charge is 0.332 e. The molecule has 5 nitrogen and oxygen atoms in total. The van der Waals surface area contributed by atoms with Crippen LogP contribution in [0.5, 0.6) is 0 Å². The maximum absolute atomic E-state index is 11.1. The van der Waals surface area contributed by atoms with Gasteiger partial charge in [0, 0.05) is 11.1 Å². The molecule has 7 atom stereocenters. The molecule has 0 spiro atoms. The van der Waals surface area contributed by atoms with Gasteiger partial charge in [0.1, 0.15) is 0 Å². The summed E-state index contributed by atoms with van der Waals surface area (Å²) in [6.07, 6.45) is 10.3. The summed E-state index contributed by atoms with van der Waals surface area (Å²) in [5.74, 6) is 2.95. The lowest BCUT2D eigenvalue weighted by Crippen LogP contribution is -2.54. The predicted octanol–water partition coefficient (Wildman–Crippen LogP) is 3.41. The minimum Gasteiger partial charge on any atom is -0.393 e. The number of aliphatic hydroxyl groups excluding tert-OH is 1. The summed E-state index contributed by atoms with van der Waals surface area (Å²) in [7, 11) is 0. The van der Waals surface area contributed by atoms with Crippen molar-refractivity contribution in [1.82, 2.24) is 5.43 Å². The number of nitrogens with two attached hydrogens (primary N) is 1. The molecule has 0 aromatic carbocycles. The Balaban J connectivity index is 1.58. The van der Waals surface area contributed by atoms with E-state index in [1.807, 2.05) is 0 Å². The third-order valence-electron chi connectivity index (χ3n) is 8.68. The molecule has 0 saturated heterocycles. The molecule has 140 valence electrons. The number of carbonyl (C=O) groups is 1. The van der Waals surface area contributed by atoms with Gasteiger partial charge in [-0.1, -0.05) is 13.8 Å². The number of hydrazone groups is 1. The zero-order valence-electron chi connectivity index (χ0n) is 15.6. The van der Waals surface area contributed by atoms with Crippen LogP contribution < -0.4 is 11.2 Å². The molecule has 4 fully saturated rings. The van der Waals surface area contributed by atoms with Crippen molar-refractivity contribution in [2.75, 3.05) is 0 Å². The van der Waals surface area contributed by atoms with Crippen LogP contribution in [0.25, 0.3) is 0 Å². The number of hydrogen-bond acceptors (Lipinski definition) is 3. The summed E-state index contributed by atoms with van der Waals surface area (Å²) in [5, 5.41) is 14.5. The molecule has 0 radical (unpaired) electrons. The minimum atomic E-state index is -0.568. The van der Waals surface area contributed by atoms with Gasteiger partial charge in [-0.2, -0.15) is 5.10 Å². The van der Waals surface area contributed by atoms with Crippen molar-refractivity contribution in [3.05, 3.63) is 0 Å². The van der Waals surface area contributed by atoms with Crippen LogP contribution in [0.15, 0.2) is 5.10 Å². The van der Waals surface area contributed by atoms with Gasteiger partial charge in [0.05, 0.1) is 6.10 Å². The van der Waals surface area contributed by atoms with Crippen LogP contribution in [-0.2, 0) is 0 Å². The molecule has 0 heterocycles. The van der Waals surface area contributed by atoms with Crippen molar-refractivity contribution in [1.29, 1.82) is 0 Å². The Hall–Kier alpha value is -1.10. The SMILES string of the molecule is C[C@]12CC[C@H](O)C[C@@H]1CC[C@H]1[C@H]3CC/C(=N\NC(N)=O)[C@@]3(C)CC[C@@H]12. The fraction of sp³-hybridized carbons (Fsp3) is 0.900. The number of amides is 2. The maximum Gasteiger partial charge on any atom is 0.332 e. The highest BCUT2D eigenvalue weighted by Gasteiger charge is 2.59. The number of fused-ring (bicyclic) bond motifs is 5. The second-order valence-electron chi connectivity index (χ2n) is 9.61. The van der Waals surface area contributed by atoms with Crippen LogP contribution in [0, 0.1) is 34.5 Å². The summed E-state index contributed by atoms with van der Waals surface area (Å²) in [6.45, 7) is 4.88. The largest absolute Gasteiger partial charge is 0.393 e. The van der Waals surface area contributed by atoms with Crippen molar-refractivity contribution in [3.63, 3.8) is 0 Å². The first kappa shape index (κ1) is 17.3. The molecule has 4 aliphatic carbocycles. The van der Waals surface area contributed by atoms with E-state index >= 15 is 0 Å². The Morgan fingerprint density at radius 1 is 1.16 bits per heavy atom. The topological polar surface area (TPSA) is 87.7 Å². The van der Waals surface area contributed by atoms with Crippen LogP contribution in [0.4, 0.5) is 4.79 Å². The van der Waals surface area contributed by atoms with Crippen LogP contribution in [0.2, 0.25) is 0 Å². The number of carbonyl (C=O) groups excluding carboxylic acids is 1. The fourth-order valence-corrected chi connectivity index (χ4v) is 7.33. The molecule has 4 N–H and O–H groups in total. The van der Waals surface area contributed by atoms with Crippen molar-refractivity contribution in [2.24, 2.45) is 45.3 Å². The summed E-state index contributed by atoms with van der Waals surface area (Å²) in [4.78, 5) is 11.1. The van der Waals surface area contributed by atoms with E-state index in [2.05, 4.69) is 24.4 Å². The van der Waals surface area contributed by atoms with E-state index in [9.17, 15) is 9.90 Å². The Kier molecular flexibility index (Phi) is 4.13. The van der Waals surface area contributed by atoms with Crippen LogP contribution in [-0.4, -0.2) is 23.0 Å². The number of nitrogens with zero attached hydrogens (tertiary/aromatic N) is 1. The third kappa shape index (κ3) is 2.61. The van der Waals surface area contributed by atoms with Gasteiger partial charge in [0.2, 0.25) is 0 Å². The van der Waals surface area contributed by atoms with Gasteiger partial charge in [0.25, 0.3) is 0 Å². The standard InChI is InChI=1S/C20H33N3O2/c1-19-9-7-13(24)11-12(19)3-4-14-15-5-6-17(22-23-18(21)25)20(15,2)10-8-16(14)19/h12-16,24H,3-11H2,1-2H3,(H3,21,23,25)/b22-17+/t12-,13-,14-,15+,16-,19-,20-/m0/s1. The van der Waals surface area contributed by atoms with E-state index in [1.54, 1.807) is 0 Å². The molecule has 5 heteroatoms. The van der Waals surface area contributed by atoms with E-state index in [0.717, 1.165) is 36.8 Å². The molecule has 4 saturated carbocycles. The van der Waals surface area contributed by atoms with E-state index in [4.69, 9.17) is 5.73 Å². The van der Waals surface area contributed by atoms with Crippen molar-refractivity contribution in [3.8, 4) is 0 Å². The molecular formula is C20H33N3O2. The molecule has 4 rings (SSSR count). The Labute approximate surface area is 150 Å². The van der Waals surface area contributed by atoms with Gasteiger partial charge < -0.3 is 10.8 Å². The second kappa shape index (κ2) is 5.97. The molecular weight excluding hydrogens is 314 g/mol. The second-order valence-corrected chi connectivity index (χ2v) is 9.61. The van der Waals surface area contributed by atoms with Gasteiger partial charge in [-0.3, -0.25) is 0 Å². The quantitative estimate of drug-likeness (QED) is 0.635. The summed E-state index contributed by atoms with van der Waals surface area (Å²) in [6, 6.07) is -0.568. The lowest BCUT2D eigenvalue weighted by molar-refractivity contribution is -0.113. The molecule has 25 heavy (non-hydrogen) atoms. The predicted molar refractivity (Wildman–Crippen MR) is 97.9 cm³/mol. The highest BCUT2D eigenvalue weighted by atomic mass is 16.3. The average molecular weight is 348 g/mol. The Morgan fingerprint density at radius 3 is 2.72 bits per heavy atom. The molecule has 0 unspecified atom stereocenters. The van der Waals surface area contributed by atoms with Gasteiger partial charge in [-0.25, -0.2) is 10.2 Å². The van der Waals surface area contributed by atoms with E-state index in [0.29, 0.717) is 17.3 Å². The summed E-state index contributed by atoms with van der Waals surface area (Å²) >= 11 is 0. The first-order chi connectivity index (χ1) is 11.8. The van der Waals surface area contributed by atoms with Crippen molar-refractivity contribution >= 4 is 11.7 Å². The highest BCUT2D eigenvalue weighted by molar-refractivity contribution is 5.93.